The molecule has 188 valence electrons. The van der Waals surface area contributed by atoms with Gasteiger partial charge in [0.1, 0.15) is 17.3 Å². The van der Waals surface area contributed by atoms with Crippen LogP contribution in [0.2, 0.25) is 5.02 Å². The van der Waals surface area contributed by atoms with Crippen molar-refractivity contribution in [2.24, 2.45) is 0 Å². The maximum Gasteiger partial charge on any atom is 0.328 e. The Morgan fingerprint density at radius 1 is 1.08 bits per heavy atom. The topological polar surface area (TPSA) is 83.1 Å². The number of aromatic amines is 1. The molecule has 0 aliphatic carbocycles. The van der Waals surface area contributed by atoms with Crippen LogP contribution in [0.25, 0.3) is 10.9 Å². The summed E-state index contributed by atoms with van der Waals surface area (Å²) in [6, 6.07) is 11.8. The second-order valence-corrected chi connectivity index (χ2v) is 10.8. The van der Waals surface area contributed by atoms with Crippen molar-refractivity contribution in [2.45, 2.75) is 24.9 Å². The molecule has 0 bridgehead atoms. The first-order valence-corrected chi connectivity index (χ1v) is 12.8. The zero-order valence-corrected chi connectivity index (χ0v) is 21.3. The molecule has 2 aromatic carbocycles. The summed E-state index contributed by atoms with van der Waals surface area (Å²) < 4.78 is 0. The van der Waals surface area contributed by atoms with Gasteiger partial charge in [0, 0.05) is 67.3 Å². The number of likely N-dealkylation sites (N-methyl/N-ethyl adjacent to an activating group) is 1. The maximum absolute atomic E-state index is 13.9. The van der Waals surface area contributed by atoms with Gasteiger partial charge in [-0.1, -0.05) is 23.7 Å². The number of piperazine rings is 1. The summed E-state index contributed by atoms with van der Waals surface area (Å²) in [5.74, 6) is -0.0563. The summed E-state index contributed by atoms with van der Waals surface area (Å²) in [5, 5.41) is 11.8. The molecule has 3 aliphatic rings. The lowest BCUT2D eigenvalue weighted by molar-refractivity contribution is -0.133. The van der Waals surface area contributed by atoms with E-state index in [0.29, 0.717) is 24.5 Å². The van der Waals surface area contributed by atoms with E-state index in [9.17, 15) is 14.7 Å². The SMILES string of the molecule is CN1CCN(CCN2C(=O)N3C(c4cccc(O)c4)c4[nH]c5ccc(Cl)cc5c4CC3(C)C2=O)CC1. The number of halogens is 1. The van der Waals surface area contributed by atoms with Gasteiger partial charge in [0.2, 0.25) is 0 Å². The van der Waals surface area contributed by atoms with Crippen LogP contribution in [0.5, 0.6) is 5.75 Å². The maximum atomic E-state index is 13.9. The minimum Gasteiger partial charge on any atom is -0.508 e. The average Bonchev–Trinajstić information content (AvgIpc) is 3.29. The van der Waals surface area contributed by atoms with Gasteiger partial charge in [0.25, 0.3) is 5.91 Å². The first-order chi connectivity index (χ1) is 17.3. The molecule has 0 saturated carbocycles. The molecule has 2 N–H and O–H groups in total. The van der Waals surface area contributed by atoms with E-state index in [1.807, 2.05) is 31.2 Å². The highest BCUT2D eigenvalue weighted by Gasteiger charge is 2.60. The Bertz CT molecular complexity index is 1360. The summed E-state index contributed by atoms with van der Waals surface area (Å²) in [4.78, 5) is 39.1. The van der Waals surface area contributed by atoms with Crippen molar-refractivity contribution in [1.29, 1.82) is 0 Å². The average molecular weight is 508 g/mol. The number of amides is 3. The molecule has 4 heterocycles. The van der Waals surface area contributed by atoms with Gasteiger partial charge < -0.3 is 15.0 Å². The number of imide groups is 1. The van der Waals surface area contributed by atoms with Crippen molar-refractivity contribution in [3.05, 3.63) is 64.3 Å². The molecule has 1 aromatic heterocycles. The van der Waals surface area contributed by atoms with Crippen LogP contribution in [0.4, 0.5) is 4.79 Å². The number of aromatic nitrogens is 1. The minimum atomic E-state index is -1.04. The molecule has 0 spiro atoms. The van der Waals surface area contributed by atoms with Crippen molar-refractivity contribution in [3.8, 4) is 5.75 Å². The van der Waals surface area contributed by atoms with E-state index in [0.717, 1.165) is 53.9 Å². The molecule has 8 nitrogen and oxygen atoms in total. The lowest BCUT2D eigenvalue weighted by Crippen LogP contribution is -2.53. The molecular weight excluding hydrogens is 478 g/mol. The first-order valence-electron chi connectivity index (χ1n) is 12.4. The number of aromatic hydroxyl groups is 1. The number of urea groups is 1. The van der Waals surface area contributed by atoms with E-state index in [1.165, 1.54) is 4.90 Å². The molecule has 2 atom stereocenters. The number of hydrogen-bond donors (Lipinski definition) is 2. The van der Waals surface area contributed by atoms with Gasteiger partial charge in [-0.25, -0.2) is 4.79 Å². The Morgan fingerprint density at radius 3 is 2.61 bits per heavy atom. The largest absolute Gasteiger partial charge is 0.508 e. The van der Waals surface area contributed by atoms with E-state index in [1.54, 1.807) is 23.1 Å². The summed E-state index contributed by atoms with van der Waals surface area (Å²) >= 11 is 6.34. The van der Waals surface area contributed by atoms with Gasteiger partial charge in [-0.05, 0) is 55.4 Å². The van der Waals surface area contributed by atoms with Crippen LogP contribution in [-0.4, -0.2) is 93.5 Å². The van der Waals surface area contributed by atoms with Crippen LogP contribution in [-0.2, 0) is 11.2 Å². The van der Waals surface area contributed by atoms with Crippen molar-refractivity contribution >= 4 is 34.4 Å². The molecule has 9 heteroatoms. The number of nitrogens with one attached hydrogen (secondary N) is 1. The van der Waals surface area contributed by atoms with Gasteiger partial charge in [-0.3, -0.25) is 19.5 Å². The third-order valence-electron chi connectivity index (χ3n) is 8.05. The van der Waals surface area contributed by atoms with Gasteiger partial charge in [-0.2, -0.15) is 0 Å². The van der Waals surface area contributed by atoms with E-state index >= 15 is 0 Å². The molecule has 0 radical (unpaired) electrons. The third kappa shape index (κ3) is 3.58. The molecule has 3 aromatic rings. The number of phenolic OH excluding ortho intramolecular Hbond substituents is 1. The first kappa shape index (κ1) is 23.3. The summed E-state index contributed by atoms with van der Waals surface area (Å²) in [5.41, 5.74) is 2.46. The smallest absolute Gasteiger partial charge is 0.328 e. The number of H-pyrrole nitrogens is 1. The number of benzene rings is 2. The Hall–Kier alpha value is -3.07. The molecule has 2 unspecified atom stereocenters. The third-order valence-corrected chi connectivity index (χ3v) is 8.29. The van der Waals surface area contributed by atoms with Crippen molar-refractivity contribution in [3.63, 3.8) is 0 Å². The number of hydrogen-bond acceptors (Lipinski definition) is 5. The van der Waals surface area contributed by atoms with Crippen LogP contribution in [0, 0.1) is 0 Å². The van der Waals surface area contributed by atoms with Crippen LogP contribution < -0.4 is 0 Å². The highest BCUT2D eigenvalue weighted by molar-refractivity contribution is 6.31. The van der Waals surface area contributed by atoms with E-state index < -0.39 is 11.6 Å². The lowest BCUT2D eigenvalue weighted by atomic mass is 9.81. The van der Waals surface area contributed by atoms with Crippen LogP contribution in [0.3, 0.4) is 0 Å². The zero-order chi connectivity index (χ0) is 25.2. The lowest BCUT2D eigenvalue weighted by Gasteiger charge is -2.42. The molecule has 6 rings (SSSR count). The Balaban J connectivity index is 1.41. The molecule has 3 aliphatic heterocycles. The predicted octanol–water partition coefficient (Wildman–Crippen LogP) is 3.44. The monoisotopic (exact) mass is 507 g/mol. The van der Waals surface area contributed by atoms with Crippen molar-refractivity contribution in [1.82, 2.24) is 24.6 Å². The molecule has 36 heavy (non-hydrogen) atoms. The predicted molar refractivity (Wildman–Crippen MR) is 138 cm³/mol. The fraction of sp³-hybridized carbons (Fsp3) is 0.407. The molecule has 2 fully saturated rings. The highest BCUT2D eigenvalue weighted by Crippen LogP contribution is 2.49. The number of carbonyl (C=O) groups is 2. The summed E-state index contributed by atoms with van der Waals surface area (Å²) in [7, 11) is 2.11. The van der Waals surface area contributed by atoms with Gasteiger partial charge >= 0.3 is 6.03 Å². The van der Waals surface area contributed by atoms with Gasteiger partial charge in [0.15, 0.2) is 0 Å². The van der Waals surface area contributed by atoms with Gasteiger partial charge in [-0.15, -0.1) is 0 Å². The molecule has 2 saturated heterocycles. The highest BCUT2D eigenvalue weighted by atomic mass is 35.5. The number of rotatable bonds is 4. The van der Waals surface area contributed by atoms with Crippen LogP contribution in [0.1, 0.15) is 29.8 Å². The zero-order valence-electron chi connectivity index (χ0n) is 20.5. The van der Waals surface area contributed by atoms with Crippen molar-refractivity contribution in [2.75, 3.05) is 46.3 Å². The fourth-order valence-corrected chi connectivity index (χ4v) is 6.21. The minimum absolute atomic E-state index is 0.116. The number of nitrogens with zero attached hydrogens (tertiary/aromatic N) is 4. The normalized spacial score (nSPS) is 25.0. The van der Waals surface area contributed by atoms with E-state index in [-0.39, 0.29) is 17.7 Å². The Labute approximate surface area is 215 Å². The van der Waals surface area contributed by atoms with Crippen molar-refractivity contribution < 1.29 is 14.7 Å². The second-order valence-electron chi connectivity index (χ2n) is 10.4. The van der Waals surface area contributed by atoms with Crippen LogP contribution >= 0.6 is 11.6 Å². The van der Waals surface area contributed by atoms with Gasteiger partial charge in [0.05, 0.1) is 0 Å². The Kier molecular flexibility index (Phi) is 5.51. The fourth-order valence-electron chi connectivity index (χ4n) is 6.04. The van der Waals surface area contributed by atoms with E-state index in [4.69, 9.17) is 11.6 Å². The number of fused-ring (bicyclic) bond motifs is 4. The Morgan fingerprint density at radius 2 is 1.86 bits per heavy atom. The quantitative estimate of drug-likeness (QED) is 0.529. The standard InChI is InChI=1S/C27H30ClN5O3/c1-27-16-21-20-15-18(28)6-7-22(20)29-23(21)24(17-4-3-5-19(34)14-17)33(27)26(36)32(25(27)35)13-12-31-10-8-30(2)9-11-31/h3-7,14-15,24,29,34H,8-13,16H2,1-2H3. The van der Waals surface area contributed by atoms with Crippen LogP contribution in [0.15, 0.2) is 42.5 Å². The molecular formula is C27H30ClN5O3. The number of phenols is 1. The summed E-state index contributed by atoms with van der Waals surface area (Å²) in [6.45, 7) is 6.71. The summed E-state index contributed by atoms with van der Waals surface area (Å²) in [6.07, 6.45) is 0.396. The molecule has 3 amide bonds. The number of carbonyl (C=O) groups excluding carboxylic acids is 2. The van der Waals surface area contributed by atoms with E-state index in [2.05, 4.69) is 21.8 Å². The second kappa shape index (κ2) is 8.50.